The molecule has 1 unspecified atom stereocenters. The van der Waals surface area contributed by atoms with Crippen molar-refractivity contribution in [2.45, 2.75) is 98.5 Å². The second-order valence-electron chi connectivity index (χ2n) is 6.70. The molecule has 0 bridgehead atoms. The van der Waals surface area contributed by atoms with Crippen LogP contribution in [-0.4, -0.2) is 36.0 Å². The number of likely N-dealkylation sites (tertiary alicyclic amines) is 1. The van der Waals surface area contributed by atoms with E-state index < -0.39 is 0 Å². The molecule has 4 nitrogen and oxygen atoms in total. The molecule has 24 heavy (non-hydrogen) atoms. The maximum Gasteiger partial charge on any atom is 0.311 e. The number of esters is 1. The normalized spacial score (nSPS) is 17.0. The summed E-state index contributed by atoms with van der Waals surface area (Å²) in [5.74, 6) is -0.376. The summed E-state index contributed by atoms with van der Waals surface area (Å²) in [6.45, 7) is 11.2. The van der Waals surface area contributed by atoms with E-state index in [0.29, 0.717) is 13.0 Å². The molecular formula is C20H39NO3. The molecule has 1 fully saturated rings. The molecule has 1 rings (SSSR count). The predicted molar refractivity (Wildman–Crippen MR) is 99.9 cm³/mol. The van der Waals surface area contributed by atoms with Crippen molar-refractivity contribution >= 4 is 11.9 Å². The third-order valence-electron chi connectivity index (χ3n) is 4.18. The zero-order valence-corrected chi connectivity index (χ0v) is 16.6. The number of amides is 1. The summed E-state index contributed by atoms with van der Waals surface area (Å²) in [5, 5.41) is 0. The van der Waals surface area contributed by atoms with Crippen molar-refractivity contribution in [1.82, 2.24) is 4.90 Å². The van der Waals surface area contributed by atoms with Gasteiger partial charge < -0.3 is 9.64 Å². The van der Waals surface area contributed by atoms with E-state index in [4.69, 9.17) is 4.74 Å². The number of nitrogens with zero attached hydrogens (tertiary/aromatic N) is 1. The largest absolute Gasteiger partial charge is 0.463 e. The molecule has 0 aromatic carbocycles. The quantitative estimate of drug-likeness (QED) is 0.394. The molecule has 0 aromatic heterocycles. The minimum absolute atomic E-state index is 0.105. The highest BCUT2D eigenvalue weighted by Gasteiger charge is 2.35. The number of unbranched alkanes of at least 4 members (excludes halogenated alkanes) is 7. The van der Waals surface area contributed by atoms with Gasteiger partial charge in [-0.15, -0.1) is 0 Å². The first-order chi connectivity index (χ1) is 11.5. The fourth-order valence-corrected chi connectivity index (χ4v) is 2.91. The highest BCUT2D eigenvalue weighted by Crippen LogP contribution is 2.20. The van der Waals surface area contributed by atoms with Crippen molar-refractivity contribution in [3.05, 3.63) is 0 Å². The number of hydrogen-bond donors (Lipinski definition) is 0. The van der Waals surface area contributed by atoms with Crippen LogP contribution in [0.2, 0.25) is 0 Å². The van der Waals surface area contributed by atoms with Crippen molar-refractivity contribution < 1.29 is 14.3 Å². The molecule has 1 aliphatic rings. The molecule has 0 radical (unpaired) electrons. The summed E-state index contributed by atoms with van der Waals surface area (Å²) in [5.41, 5.74) is 0. The van der Waals surface area contributed by atoms with Crippen molar-refractivity contribution in [3.63, 3.8) is 0 Å². The lowest BCUT2D eigenvalue weighted by molar-refractivity contribution is -0.152. The van der Waals surface area contributed by atoms with E-state index in [1.54, 1.807) is 0 Å². The van der Waals surface area contributed by atoms with Gasteiger partial charge in [0.1, 0.15) is 0 Å². The van der Waals surface area contributed by atoms with Gasteiger partial charge in [0, 0.05) is 19.5 Å². The first-order valence-electron chi connectivity index (χ1n) is 10.0. The lowest BCUT2D eigenvalue weighted by Crippen LogP contribution is -2.28. The second-order valence-corrected chi connectivity index (χ2v) is 6.70. The Morgan fingerprint density at radius 3 is 2.17 bits per heavy atom. The molecular weight excluding hydrogens is 302 g/mol. The number of carbonyl (C=O) groups excluding carboxylic acids is 2. The van der Waals surface area contributed by atoms with Crippen molar-refractivity contribution in [1.29, 1.82) is 0 Å². The van der Waals surface area contributed by atoms with E-state index in [1.807, 2.05) is 32.6 Å². The Hall–Kier alpha value is -1.06. The minimum Gasteiger partial charge on any atom is -0.463 e. The average molecular weight is 342 g/mol. The van der Waals surface area contributed by atoms with Crippen molar-refractivity contribution in [2.75, 3.05) is 13.1 Å². The molecule has 1 heterocycles. The Labute approximate surface area is 149 Å². The Bertz CT molecular complexity index is 342. The van der Waals surface area contributed by atoms with Crippen LogP contribution in [0.1, 0.15) is 92.4 Å². The van der Waals surface area contributed by atoms with Gasteiger partial charge in [0.25, 0.3) is 0 Å². The van der Waals surface area contributed by atoms with E-state index in [2.05, 4.69) is 6.92 Å². The molecule has 1 aliphatic heterocycles. The molecule has 0 spiro atoms. The summed E-state index contributed by atoms with van der Waals surface area (Å²) in [4.78, 5) is 25.6. The number of hydrogen-bond acceptors (Lipinski definition) is 3. The van der Waals surface area contributed by atoms with E-state index >= 15 is 0 Å². The van der Waals surface area contributed by atoms with Crippen LogP contribution in [0.4, 0.5) is 0 Å². The van der Waals surface area contributed by atoms with Crippen molar-refractivity contribution in [2.24, 2.45) is 5.92 Å². The van der Waals surface area contributed by atoms with Gasteiger partial charge in [-0.05, 0) is 20.3 Å². The third kappa shape index (κ3) is 9.94. The van der Waals surface area contributed by atoms with Crippen LogP contribution in [0, 0.1) is 5.92 Å². The lowest BCUT2D eigenvalue weighted by atomic mass is 10.1. The highest BCUT2D eigenvalue weighted by molar-refractivity contribution is 5.86. The van der Waals surface area contributed by atoms with Gasteiger partial charge in [-0.25, -0.2) is 0 Å². The van der Waals surface area contributed by atoms with Crippen LogP contribution < -0.4 is 0 Å². The summed E-state index contributed by atoms with van der Waals surface area (Å²) >= 11 is 0. The zero-order chi connectivity index (χ0) is 18.4. The molecule has 1 amide bonds. The Balaban J connectivity index is 0.00000254. The molecule has 0 N–H and O–H groups in total. The predicted octanol–water partition coefficient (Wildman–Crippen LogP) is 4.95. The van der Waals surface area contributed by atoms with Crippen LogP contribution >= 0.6 is 0 Å². The SMILES string of the molecule is CC.CCCCCCCCCCN1CC(C(=O)OC(C)C)CC1=O. The van der Waals surface area contributed by atoms with Gasteiger partial charge in [0.15, 0.2) is 0 Å². The summed E-state index contributed by atoms with van der Waals surface area (Å²) in [6, 6.07) is 0. The standard InChI is InChI=1S/C18H33NO3.C2H6/c1-4-5-6-7-8-9-10-11-12-19-14-16(13-17(19)20)18(21)22-15(2)3;1-2/h15-16H,4-14H2,1-3H3;1-2H3. The lowest BCUT2D eigenvalue weighted by Gasteiger charge is -2.16. The van der Waals surface area contributed by atoms with E-state index in [0.717, 1.165) is 13.0 Å². The fourth-order valence-electron chi connectivity index (χ4n) is 2.91. The average Bonchev–Trinajstić information content (AvgIpc) is 2.92. The number of rotatable bonds is 11. The summed E-state index contributed by atoms with van der Waals surface area (Å²) in [7, 11) is 0. The molecule has 1 saturated heterocycles. The third-order valence-corrected chi connectivity index (χ3v) is 4.18. The molecule has 1 atom stereocenters. The zero-order valence-electron chi connectivity index (χ0n) is 16.6. The van der Waals surface area contributed by atoms with E-state index in [-0.39, 0.29) is 23.9 Å². The van der Waals surface area contributed by atoms with Crippen LogP contribution in [0.15, 0.2) is 0 Å². The van der Waals surface area contributed by atoms with Gasteiger partial charge in [-0.3, -0.25) is 9.59 Å². The Morgan fingerprint density at radius 2 is 1.62 bits per heavy atom. The molecule has 0 saturated carbocycles. The molecule has 0 aromatic rings. The monoisotopic (exact) mass is 341 g/mol. The molecule has 4 heteroatoms. The van der Waals surface area contributed by atoms with Crippen LogP contribution in [0.25, 0.3) is 0 Å². The second kappa shape index (κ2) is 14.3. The molecule has 142 valence electrons. The topological polar surface area (TPSA) is 46.6 Å². The number of ether oxygens (including phenoxy) is 1. The van der Waals surface area contributed by atoms with E-state index in [1.165, 1.54) is 44.9 Å². The van der Waals surface area contributed by atoms with Crippen molar-refractivity contribution in [3.8, 4) is 0 Å². The minimum atomic E-state index is -0.260. The first-order valence-corrected chi connectivity index (χ1v) is 10.0. The van der Waals surface area contributed by atoms with E-state index in [9.17, 15) is 9.59 Å². The fraction of sp³-hybridized carbons (Fsp3) is 0.900. The smallest absolute Gasteiger partial charge is 0.311 e. The molecule has 0 aliphatic carbocycles. The highest BCUT2D eigenvalue weighted by atomic mass is 16.5. The number of carbonyl (C=O) groups is 2. The van der Waals surface area contributed by atoms with Gasteiger partial charge in [0.05, 0.1) is 12.0 Å². The van der Waals surface area contributed by atoms with Crippen LogP contribution in [0.5, 0.6) is 0 Å². The maximum atomic E-state index is 11.9. The van der Waals surface area contributed by atoms with Gasteiger partial charge in [-0.1, -0.05) is 65.7 Å². The maximum absolute atomic E-state index is 11.9. The summed E-state index contributed by atoms with van der Waals surface area (Å²) in [6.07, 6.45) is 10.3. The van der Waals surface area contributed by atoms with Crippen LogP contribution in [-0.2, 0) is 14.3 Å². The Kier molecular flexibility index (Phi) is 13.7. The first kappa shape index (κ1) is 22.9. The van der Waals surface area contributed by atoms with Gasteiger partial charge in [-0.2, -0.15) is 0 Å². The van der Waals surface area contributed by atoms with Gasteiger partial charge in [0.2, 0.25) is 5.91 Å². The van der Waals surface area contributed by atoms with Gasteiger partial charge >= 0.3 is 5.97 Å². The summed E-state index contributed by atoms with van der Waals surface area (Å²) < 4.78 is 5.20. The Morgan fingerprint density at radius 1 is 1.08 bits per heavy atom. The van der Waals surface area contributed by atoms with Crippen LogP contribution in [0.3, 0.4) is 0 Å².